The molecule has 0 aliphatic carbocycles. The lowest BCUT2D eigenvalue weighted by Gasteiger charge is -2.30. The molecule has 1 atom stereocenters. The Morgan fingerprint density at radius 3 is 3.00 bits per heavy atom. The van der Waals surface area contributed by atoms with Crippen molar-refractivity contribution in [3.05, 3.63) is 23.3 Å². The Balaban J connectivity index is 2.12. The third-order valence-corrected chi connectivity index (χ3v) is 5.08. The molecule has 0 amide bonds. The van der Waals surface area contributed by atoms with Crippen LogP contribution in [0, 0.1) is 5.92 Å². The summed E-state index contributed by atoms with van der Waals surface area (Å²) in [6.45, 7) is 6.74. The molecule has 2 aromatic heterocycles. The molecule has 0 bridgehead atoms. The van der Waals surface area contributed by atoms with Crippen molar-refractivity contribution in [2.75, 3.05) is 13.1 Å². The fraction of sp³-hybridized carbons (Fsp3) is 0.538. The zero-order valence-electron chi connectivity index (χ0n) is 10.2. The summed E-state index contributed by atoms with van der Waals surface area (Å²) in [5, 5.41) is 4.74. The second-order valence-corrected chi connectivity index (χ2v) is 6.06. The highest BCUT2D eigenvalue weighted by Crippen LogP contribution is 2.40. The standard InChI is InChI=1S/C13H17N3S/c1-9(2)13(5-7-14-8-13)12-16-10-4-3-6-15-11(10)17-12/h3-4,6,9,14H,5,7-8H2,1-2H3. The predicted octanol–water partition coefficient (Wildman–Crippen LogP) is 2.58. The van der Waals surface area contributed by atoms with E-state index in [-0.39, 0.29) is 5.41 Å². The van der Waals surface area contributed by atoms with Crippen molar-refractivity contribution in [1.82, 2.24) is 15.3 Å². The summed E-state index contributed by atoms with van der Waals surface area (Å²) in [5.74, 6) is 0.609. The lowest BCUT2D eigenvalue weighted by atomic mass is 9.77. The molecule has 1 N–H and O–H groups in total. The quantitative estimate of drug-likeness (QED) is 0.886. The van der Waals surface area contributed by atoms with E-state index in [1.807, 2.05) is 12.3 Å². The van der Waals surface area contributed by atoms with Crippen LogP contribution in [0.2, 0.25) is 0 Å². The highest BCUT2D eigenvalue weighted by Gasteiger charge is 2.41. The van der Waals surface area contributed by atoms with Crippen LogP contribution in [0.3, 0.4) is 0 Å². The third kappa shape index (κ3) is 1.67. The minimum Gasteiger partial charge on any atom is -0.316 e. The minimum absolute atomic E-state index is 0.214. The first-order valence-corrected chi connectivity index (χ1v) is 6.97. The number of nitrogens with one attached hydrogen (secondary N) is 1. The van der Waals surface area contributed by atoms with Crippen LogP contribution in [-0.2, 0) is 5.41 Å². The van der Waals surface area contributed by atoms with E-state index in [0.717, 1.165) is 23.4 Å². The van der Waals surface area contributed by atoms with E-state index >= 15 is 0 Å². The van der Waals surface area contributed by atoms with Crippen molar-refractivity contribution in [2.24, 2.45) is 5.92 Å². The Hall–Kier alpha value is -1.00. The molecule has 1 aliphatic heterocycles. The molecular weight excluding hydrogens is 230 g/mol. The molecule has 3 heterocycles. The summed E-state index contributed by atoms with van der Waals surface area (Å²) < 4.78 is 0. The average molecular weight is 247 g/mol. The Morgan fingerprint density at radius 1 is 1.47 bits per heavy atom. The van der Waals surface area contributed by atoms with Crippen molar-refractivity contribution >= 4 is 21.7 Å². The summed E-state index contributed by atoms with van der Waals surface area (Å²) in [7, 11) is 0. The van der Waals surface area contributed by atoms with Crippen LogP contribution >= 0.6 is 11.3 Å². The van der Waals surface area contributed by atoms with Crippen molar-refractivity contribution < 1.29 is 0 Å². The number of hydrogen-bond donors (Lipinski definition) is 1. The number of rotatable bonds is 2. The van der Waals surface area contributed by atoms with Gasteiger partial charge in [-0.1, -0.05) is 25.2 Å². The summed E-state index contributed by atoms with van der Waals surface area (Å²) in [6, 6.07) is 4.01. The van der Waals surface area contributed by atoms with E-state index in [4.69, 9.17) is 4.98 Å². The van der Waals surface area contributed by atoms with Gasteiger partial charge in [0.05, 0.1) is 0 Å². The molecule has 17 heavy (non-hydrogen) atoms. The van der Waals surface area contributed by atoms with Crippen LogP contribution in [-0.4, -0.2) is 23.1 Å². The molecule has 0 radical (unpaired) electrons. The molecule has 3 rings (SSSR count). The molecule has 0 spiro atoms. The first-order chi connectivity index (χ1) is 8.22. The molecule has 4 heteroatoms. The molecule has 1 saturated heterocycles. The summed E-state index contributed by atoms with van der Waals surface area (Å²) >= 11 is 1.76. The number of fused-ring (bicyclic) bond motifs is 1. The predicted molar refractivity (Wildman–Crippen MR) is 71.4 cm³/mol. The molecule has 0 saturated carbocycles. The van der Waals surface area contributed by atoms with E-state index in [0.29, 0.717) is 5.92 Å². The number of thiazole rings is 1. The van der Waals surface area contributed by atoms with E-state index in [9.17, 15) is 0 Å². The highest BCUT2D eigenvalue weighted by atomic mass is 32.1. The number of hydrogen-bond acceptors (Lipinski definition) is 4. The lowest BCUT2D eigenvalue weighted by Crippen LogP contribution is -2.34. The SMILES string of the molecule is CC(C)C1(c2nc3cccnc3s2)CCNC1. The maximum atomic E-state index is 4.80. The van der Waals surface area contributed by atoms with Crippen LogP contribution in [0.25, 0.3) is 10.3 Å². The van der Waals surface area contributed by atoms with E-state index < -0.39 is 0 Å². The van der Waals surface area contributed by atoms with Crippen LogP contribution in [0.4, 0.5) is 0 Å². The normalized spacial score (nSPS) is 24.9. The Morgan fingerprint density at radius 2 is 2.35 bits per heavy atom. The van der Waals surface area contributed by atoms with Gasteiger partial charge in [-0.05, 0) is 31.0 Å². The smallest absolute Gasteiger partial charge is 0.143 e. The van der Waals surface area contributed by atoms with Crippen molar-refractivity contribution in [3.8, 4) is 0 Å². The van der Waals surface area contributed by atoms with Crippen LogP contribution in [0.15, 0.2) is 18.3 Å². The fourth-order valence-corrected chi connectivity index (χ4v) is 3.89. The highest BCUT2D eigenvalue weighted by molar-refractivity contribution is 7.18. The van der Waals surface area contributed by atoms with Crippen LogP contribution < -0.4 is 5.32 Å². The maximum absolute atomic E-state index is 4.80. The molecule has 3 nitrogen and oxygen atoms in total. The molecule has 90 valence electrons. The zero-order valence-corrected chi connectivity index (χ0v) is 11.0. The minimum atomic E-state index is 0.214. The lowest BCUT2D eigenvalue weighted by molar-refractivity contribution is 0.336. The van der Waals surface area contributed by atoms with Gasteiger partial charge < -0.3 is 5.32 Å². The van der Waals surface area contributed by atoms with E-state index in [2.05, 4.69) is 30.2 Å². The van der Waals surface area contributed by atoms with Crippen molar-refractivity contribution in [2.45, 2.75) is 25.7 Å². The number of nitrogens with zero attached hydrogens (tertiary/aromatic N) is 2. The molecule has 1 unspecified atom stereocenters. The first-order valence-electron chi connectivity index (χ1n) is 6.15. The number of aromatic nitrogens is 2. The molecule has 0 aromatic carbocycles. The van der Waals surface area contributed by atoms with Gasteiger partial charge in [0, 0.05) is 18.2 Å². The van der Waals surface area contributed by atoms with Crippen LogP contribution in [0.1, 0.15) is 25.3 Å². The largest absolute Gasteiger partial charge is 0.316 e. The van der Waals surface area contributed by atoms with Gasteiger partial charge in [0.1, 0.15) is 15.4 Å². The monoisotopic (exact) mass is 247 g/mol. The van der Waals surface area contributed by atoms with Gasteiger partial charge in [0.2, 0.25) is 0 Å². The molecule has 1 aliphatic rings. The Kier molecular flexibility index (Phi) is 2.64. The number of pyridine rings is 1. The first kappa shape index (κ1) is 11.1. The van der Waals surface area contributed by atoms with Gasteiger partial charge in [-0.3, -0.25) is 0 Å². The second kappa shape index (κ2) is 4.03. The zero-order chi connectivity index (χ0) is 11.9. The Labute approximate surface area is 105 Å². The van der Waals surface area contributed by atoms with E-state index in [1.165, 1.54) is 11.4 Å². The molecule has 1 fully saturated rings. The summed E-state index contributed by atoms with van der Waals surface area (Å²) in [5.41, 5.74) is 1.25. The van der Waals surface area contributed by atoms with Gasteiger partial charge in [-0.15, -0.1) is 0 Å². The summed E-state index contributed by atoms with van der Waals surface area (Å²) in [6.07, 6.45) is 3.03. The van der Waals surface area contributed by atoms with Gasteiger partial charge in [0.25, 0.3) is 0 Å². The van der Waals surface area contributed by atoms with Gasteiger partial charge >= 0.3 is 0 Å². The Bertz CT molecular complexity index is 493. The maximum Gasteiger partial charge on any atom is 0.143 e. The molecular formula is C13H17N3S. The fourth-order valence-electron chi connectivity index (χ4n) is 2.62. The summed E-state index contributed by atoms with van der Waals surface area (Å²) in [4.78, 5) is 10.3. The second-order valence-electron chi connectivity index (χ2n) is 5.08. The average Bonchev–Trinajstić information content (AvgIpc) is 2.96. The van der Waals surface area contributed by atoms with Crippen molar-refractivity contribution in [3.63, 3.8) is 0 Å². The van der Waals surface area contributed by atoms with Gasteiger partial charge in [-0.2, -0.15) is 0 Å². The van der Waals surface area contributed by atoms with Gasteiger partial charge in [-0.25, -0.2) is 9.97 Å². The van der Waals surface area contributed by atoms with Crippen molar-refractivity contribution in [1.29, 1.82) is 0 Å². The van der Waals surface area contributed by atoms with Gasteiger partial charge in [0.15, 0.2) is 0 Å². The van der Waals surface area contributed by atoms with E-state index in [1.54, 1.807) is 11.3 Å². The van der Waals surface area contributed by atoms with Crippen LogP contribution in [0.5, 0.6) is 0 Å². The molecule has 2 aromatic rings. The third-order valence-electron chi connectivity index (χ3n) is 3.89. The topological polar surface area (TPSA) is 37.8 Å².